The molecule has 0 radical (unpaired) electrons. The number of nitrogens with zero attached hydrogens (tertiary/aromatic N) is 2. The molecule has 0 fully saturated rings. The van der Waals surface area contributed by atoms with Crippen molar-refractivity contribution >= 4 is 29.2 Å². The summed E-state index contributed by atoms with van der Waals surface area (Å²) in [5.74, 6) is 0.754. The number of hydrogen-bond donors (Lipinski definition) is 2. The molecule has 0 bridgehead atoms. The Kier molecular flexibility index (Phi) is 7.48. The van der Waals surface area contributed by atoms with Crippen LogP contribution in [-0.2, 0) is 17.8 Å². The van der Waals surface area contributed by atoms with Crippen molar-refractivity contribution in [2.75, 3.05) is 26.0 Å². The second-order valence-electron chi connectivity index (χ2n) is 6.05. The minimum absolute atomic E-state index is 0.0650. The minimum atomic E-state index is -0.0650. The summed E-state index contributed by atoms with van der Waals surface area (Å²) in [5.41, 5.74) is 3.06. The summed E-state index contributed by atoms with van der Waals surface area (Å²) in [7, 11) is 3.76. The zero-order valence-corrected chi connectivity index (χ0v) is 16.2. The number of guanidine groups is 1. The first kappa shape index (κ1) is 19.8. The van der Waals surface area contributed by atoms with Crippen LogP contribution in [0.1, 0.15) is 18.1 Å². The lowest BCUT2D eigenvalue weighted by Crippen LogP contribution is -2.39. The van der Waals surface area contributed by atoms with Gasteiger partial charge in [-0.3, -0.25) is 9.79 Å². The van der Waals surface area contributed by atoms with Gasteiger partial charge in [-0.2, -0.15) is 0 Å². The van der Waals surface area contributed by atoms with Crippen molar-refractivity contribution in [3.05, 3.63) is 64.7 Å². The van der Waals surface area contributed by atoms with Crippen molar-refractivity contribution in [2.24, 2.45) is 4.99 Å². The van der Waals surface area contributed by atoms with Crippen LogP contribution in [0.25, 0.3) is 0 Å². The Hall–Kier alpha value is -2.53. The zero-order valence-electron chi connectivity index (χ0n) is 15.4. The Balaban J connectivity index is 1.85. The third-order valence-corrected chi connectivity index (χ3v) is 4.28. The maximum Gasteiger partial charge on any atom is 0.221 e. The number of amides is 1. The van der Waals surface area contributed by atoms with Crippen LogP contribution in [0.5, 0.6) is 0 Å². The molecule has 5 nitrogen and oxygen atoms in total. The highest BCUT2D eigenvalue weighted by Gasteiger charge is 2.08. The Morgan fingerprint density at radius 3 is 2.46 bits per heavy atom. The number of rotatable bonds is 6. The van der Waals surface area contributed by atoms with Crippen LogP contribution in [0.4, 0.5) is 5.69 Å². The van der Waals surface area contributed by atoms with Crippen LogP contribution >= 0.6 is 11.6 Å². The van der Waals surface area contributed by atoms with E-state index in [4.69, 9.17) is 11.6 Å². The van der Waals surface area contributed by atoms with Crippen molar-refractivity contribution in [1.82, 2.24) is 10.2 Å². The fraction of sp³-hybridized carbons (Fsp3) is 0.300. The van der Waals surface area contributed by atoms with Crippen LogP contribution in [0.3, 0.4) is 0 Å². The fourth-order valence-corrected chi connectivity index (χ4v) is 2.81. The van der Waals surface area contributed by atoms with E-state index in [0.29, 0.717) is 6.54 Å². The number of anilines is 1. The van der Waals surface area contributed by atoms with Gasteiger partial charge in [0.1, 0.15) is 0 Å². The molecule has 0 spiro atoms. The SMILES string of the molecule is CN=C(NCCc1ccc(NC(C)=O)cc1)N(C)Cc1ccccc1Cl. The lowest BCUT2D eigenvalue weighted by atomic mass is 10.1. The van der Waals surface area contributed by atoms with E-state index in [-0.39, 0.29) is 5.91 Å². The van der Waals surface area contributed by atoms with Gasteiger partial charge in [0.15, 0.2) is 5.96 Å². The number of carbonyl (C=O) groups is 1. The first-order valence-corrected chi connectivity index (χ1v) is 8.89. The number of hydrogen-bond acceptors (Lipinski definition) is 2. The van der Waals surface area contributed by atoms with Gasteiger partial charge in [-0.15, -0.1) is 0 Å². The molecule has 0 aliphatic rings. The highest BCUT2D eigenvalue weighted by molar-refractivity contribution is 6.31. The summed E-state index contributed by atoms with van der Waals surface area (Å²) in [6, 6.07) is 15.7. The second-order valence-corrected chi connectivity index (χ2v) is 6.46. The van der Waals surface area contributed by atoms with Crippen LogP contribution in [0, 0.1) is 0 Å². The molecule has 0 saturated heterocycles. The smallest absolute Gasteiger partial charge is 0.221 e. The molecule has 6 heteroatoms. The van der Waals surface area contributed by atoms with Crippen molar-refractivity contribution < 1.29 is 4.79 Å². The molecule has 0 atom stereocenters. The van der Waals surface area contributed by atoms with Gasteiger partial charge in [-0.1, -0.05) is 41.9 Å². The molecule has 0 heterocycles. The van der Waals surface area contributed by atoms with Gasteiger partial charge in [-0.05, 0) is 35.7 Å². The first-order chi connectivity index (χ1) is 12.5. The molecular formula is C20H25ClN4O. The van der Waals surface area contributed by atoms with E-state index >= 15 is 0 Å². The van der Waals surface area contributed by atoms with E-state index in [1.165, 1.54) is 12.5 Å². The van der Waals surface area contributed by atoms with E-state index in [9.17, 15) is 4.79 Å². The van der Waals surface area contributed by atoms with Gasteiger partial charge in [0.25, 0.3) is 0 Å². The molecule has 138 valence electrons. The summed E-state index contributed by atoms with van der Waals surface area (Å²) < 4.78 is 0. The van der Waals surface area contributed by atoms with Crippen LogP contribution in [-0.4, -0.2) is 37.4 Å². The summed E-state index contributed by atoms with van der Waals surface area (Å²) in [6.45, 7) is 2.95. The number of aliphatic imine (C=N–C) groups is 1. The fourth-order valence-electron chi connectivity index (χ4n) is 2.62. The molecule has 2 aromatic carbocycles. The normalized spacial score (nSPS) is 11.2. The summed E-state index contributed by atoms with van der Waals surface area (Å²) in [6.07, 6.45) is 0.860. The summed E-state index contributed by atoms with van der Waals surface area (Å²) >= 11 is 6.23. The first-order valence-electron chi connectivity index (χ1n) is 8.51. The van der Waals surface area contributed by atoms with Crippen molar-refractivity contribution in [1.29, 1.82) is 0 Å². The van der Waals surface area contributed by atoms with E-state index < -0.39 is 0 Å². The van der Waals surface area contributed by atoms with Gasteiger partial charge < -0.3 is 15.5 Å². The summed E-state index contributed by atoms with van der Waals surface area (Å²) in [5, 5.41) is 6.89. The van der Waals surface area contributed by atoms with Crippen molar-refractivity contribution in [2.45, 2.75) is 19.9 Å². The Morgan fingerprint density at radius 2 is 1.85 bits per heavy atom. The van der Waals surface area contributed by atoms with Crippen LogP contribution in [0.15, 0.2) is 53.5 Å². The van der Waals surface area contributed by atoms with Crippen LogP contribution < -0.4 is 10.6 Å². The Bertz CT molecular complexity index is 759. The molecule has 0 saturated carbocycles. The van der Waals surface area contributed by atoms with Gasteiger partial charge in [0.2, 0.25) is 5.91 Å². The number of benzene rings is 2. The maximum absolute atomic E-state index is 11.0. The van der Waals surface area contributed by atoms with E-state index in [2.05, 4.69) is 15.6 Å². The minimum Gasteiger partial charge on any atom is -0.356 e. The van der Waals surface area contributed by atoms with E-state index in [1.54, 1.807) is 7.05 Å². The average Bonchev–Trinajstić information content (AvgIpc) is 2.61. The Morgan fingerprint density at radius 1 is 1.15 bits per heavy atom. The standard InChI is InChI=1S/C20H25ClN4O/c1-15(26)24-18-10-8-16(9-11-18)12-13-23-20(22-2)25(3)14-17-6-4-5-7-19(17)21/h4-11H,12-14H2,1-3H3,(H,22,23)(H,24,26). The topological polar surface area (TPSA) is 56.7 Å². The van der Waals surface area contributed by atoms with Crippen molar-refractivity contribution in [3.63, 3.8) is 0 Å². The molecule has 0 aliphatic heterocycles. The lowest BCUT2D eigenvalue weighted by Gasteiger charge is -2.22. The Labute approximate surface area is 160 Å². The van der Waals surface area contributed by atoms with E-state index in [0.717, 1.165) is 35.2 Å². The van der Waals surface area contributed by atoms with Gasteiger partial charge in [0, 0.05) is 44.8 Å². The monoisotopic (exact) mass is 372 g/mol. The predicted molar refractivity (Wildman–Crippen MR) is 109 cm³/mol. The molecule has 2 rings (SSSR count). The van der Waals surface area contributed by atoms with E-state index in [1.807, 2.05) is 60.5 Å². The highest BCUT2D eigenvalue weighted by atomic mass is 35.5. The molecule has 26 heavy (non-hydrogen) atoms. The maximum atomic E-state index is 11.0. The second kappa shape index (κ2) is 9.82. The third-order valence-electron chi connectivity index (χ3n) is 3.91. The molecular weight excluding hydrogens is 348 g/mol. The molecule has 0 unspecified atom stereocenters. The van der Waals surface area contributed by atoms with Crippen molar-refractivity contribution in [3.8, 4) is 0 Å². The highest BCUT2D eigenvalue weighted by Crippen LogP contribution is 2.16. The number of carbonyl (C=O) groups excluding carboxylic acids is 1. The molecule has 2 N–H and O–H groups in total. The quantitative estimate of drug-likeness (QED) is 0.602. The third kappa shape index (κ3) is 6.08. The van der Waals surface area contributed by atoms with Gasteiger partial charge in [-0.25, -0.2) is 0 Å². The van der Waals surface area contributed by atoms with Gasteiger partial charge in [0.05, 0.1) is 0 Å². The number of nitrogens with one attached hydrogen (secondary N) is 2. The molecule has 1 amide bonds. The molecule has 0 aromatic heterocycles. The molecule has 2 aromatic rings. The number of halogens is 1. The zero-order chi connectivity index (χ0) is 18.9. The predicted octanol–water partition coefficient (Wildman–Crippen LogP) is 3.55. The largest absolute Gasteiger partial charge is 0.356 e. The van der Waals surface area contributed by atoms with Crippen LogP contribution in [0.2, 0.25) is 5.02 Å². The molecule has 0 aliphatic carbocycles. The van der Waals surface area contributed by atoms with Gasteiger partial charge >= 0.3 is 0 Å². The summed E-state index contributed by atoms with van der Waals surface area (Å²) in [4.78, 5) is 17.4. The average molecular weight is 373 g/mol. The lowest BCUT2D eigenvalue weighted by molar-refractivity contribution is -0.114.